The summed E-state index contributed by atoms with van der Waals surface area (Å²) in [5.41, 5.74) is 4.11. The summed E-state index contributed by atoms with van der Waals surface area (Å²) in [7, 11) is 2.01. The van der Waals surface area contributed by atoms with Crippen molar-refractivity contribution in [3.05, 3.63) is 59.2 Å². The van der Waals surface area contributed by atoms with E-state index in [1.807, 2.05) is 12.1 Å². The van der Waals surface area contributed by atoms with Crippen LogP contribution in [0.15, 0.2) is 47.4 Å². The summed E-state index contributed by atoms with van der Waals surface area (Å²) in [4.78, 5) is 1.48. The molecular formula is C18H23OS+. The first kappa shape index (κ1) is 15.0. The van der Waals surface area contributed by atoms with Gasteiger partial charge in [0.05, 0.1) is 7.11 Å². The molecule has 0 spiro atoms. The molecule has 2 aromatic carbocycles. The van der Waals surface area contributed by atoms with Gasteiger partial charge < -0.3 is 4.74 Å². The van der Waals surface area contributed by atoms with Crippen LogP contribution in [0, 0.1) is 13.8 Å². The van der Waals surface area contributed by atoms with E-state index >= 15 is 0 Å². The largest absolute Gasteiger partial charge is 0.497 e. The molecule has 0 N–H and O–H groups in total. The van der Waals surface area contributed by atoms with Crippen molar-refractivity contribution in [2.45, 2.75) is 25.2 Å². The predicted octanol–water partition coefficient (Wildman–Crippen LogP) is 4.16. The molecule has 106 valence electrons. The van der Waals surface area contributed by atoms with Crippen molar-refractivity contribution in [1.82, 2.24) is 0 Å². The van der Waals surface area contributed by atoms with Gasteiger partial charge >= 0.3 is 0 Å². The van der Waals surface area contributed by atoms with E-state index in [9.17, 15) is 0 Å². The first-order valence-corrected chi connectivity index (χ1v) is 8.72. The van der Waals surface area contributed by atoms with Crippen LogP contribution in [0.2, 0.25) is 0 Å². The average Bonchev–Trinajstić information content (AvgIpc) is 2.44. The highest BCUT2D eigenvalue weighted by Crippen LogP contribution is 2.18. The van der Waals surface area contributed by atoms with Crippen LogP contribution in [0.3, 0.4) is 0 Å². The summed E-state index contributed by atoms with van der Waals surface area (Å²) in [6, 6.07) is 15.3. The molecule has 0 radical (unpaired) electrons. The molecule has 1 unspecified atom stereocenters. The molecule has 20 heavy (non-hydrogen) atoms. The van der Waals surface area contributed by atoms with Crippen LogP contribution >= 0.6 is 0 Å². The first-order chi connectivity index (χ1) is 9.58. The van der Waals surface area contributed by atoms with Crippen molar-refractivity contribution in [3.63, 3.8) is 0 Å². The Kier molecular flexibility index (Phi) is 5.13. The van der Waals surface area contributed by atoms with E-state index in [1.54, 1.807) is 7.11 Å². The summed E-state index contributed by atoms with van der Waals surface area (Å²) in [6.45, 7) is 4.36. The molecule has 2 heteroatoms. The van der Waals surface area contributed by atoms with E-state index < -0.39 is 0 Å². The van der Waals surface area contributed by atoms with Gasteiger partial charge in [0.1, 0.15) is 17.8 Å². The van der Waals surface area contributed by atoms with Gasteiger partial charge in [0, 0.05) is 17.3 Å². The summed E-state index contributed by atoms with van der Waals surface area (Å²) >= 11 is 0. The Morgan fingerprint density at radius 3 is 2.10 bits per heavy atom. The summed E-state index contributed by atoms with van der Waals surface area (Å²) in [5.74, 6) is 2.13. The number of hydrogen-bond donors (Lipinski definition) is 0. The highest BCUT2D eigenvalue weighted by atomic mass is 32.2. The molecule has 0 aliphatic carbocycles. The number of hydrogen-bond acceptors (Lipinski definition) is 1. The Labute approximate surface area is 125 Å². The number of aryl methyl sites for hydroxylation is 3. The van der Waals surface area contributed by atoms with Crippen LogP contribution in [-0.4, -0.2) is 19.1 Å². The van der Waals surface area contributed by atoms with E-state index in [2.05, 4.69) is 50.4 Å². The molecule has 0 bridgehead atoms. The molecule has 2 rings (SSSR count). The predicted molar refractivity (Wildman–Crippen MR) is 89.0 cm³/mol. The average molecular weight is 287 g/mol. The minimum Gasteiger partial charge on any atom is -0.497 e. The standard InChI is InChI=1S/C18H23OS/c1-14-11-15(2)13-18(12-14)20(4)10-9-16-5-7-17(19-3)8-6-16/h5-8,11-13H,9-10H2,1-4H3/q+1. The molecule has 1 nitrogen and oxygen atoms in total. The van der Waals surface area contributed by atoms with Crippen molar-refractivity contribution in [1.29, 1.82) is 0 Å². The first-order valence-electron chi connectivity index (χ1n) is 6.92. The Bertz CT molecular complexity index is 540. The third-order valence-electron chi connectivity index (χ3n) is 3.45. The van der Waals surface area contributed by atoms with Gasteiger partial charge in [0.15, 0.2) is 4.90 Å². The Morgan fingerprint density at radius 1 is 0.950 bits per heavy atom. The zero-order valence-corrected chi connectivity index (χ0v) is 13.6. The maximum Gasteiger partial charge on any atom is 0.155 e. The minimum atomic E-state index is 0.307. The third-order valence-corrected chi connectivity index (χ3v) is 5.31. The van der Waals surface area contributed by atoms with Gasteiger partial charge in [-0.3, -0.25) is 0 Å². The van der Waals surface area contributed by atoms with E-state index in [-0.39, 0.29) is 0 Å². The van der Waals surface area contributed by atoms with Crippen LogP contribution in [0.4, 0.5) is 0 Å². The molecule has 0 aliphatic heterocycles. The molecular weight excluding hydrogens is 264 g/mol. The Balaban J connectivity index is 1.98. The van der Waals surface area contributed by atoms with Crippen molar-refractivity contribution in [2.24, 2.45) is 0 Å². The highest BCUT2D eigenvalue weighted by Gasteiger charge is 2.16. The van der Waals surface area contributed by atoms with E-state index in [1.165, 1.54) is 27.3 Å². The fourth-order valence-electron chi connectivity index (χ4n) is 2.32. The maximum atomic E-state index is 5.19. The Hall–Kier alpha value is -1.41. The summed E-state index contributed by atoms with van der Waals surface area (Å²) in [6.07, 6.45) is 3.47. The number of rotatable bonds is 5. The lowest BCUT2D eigenvalue weighted by Gasteiger charge is -2.06. The second-order valence-electron chi connectivity index (χ2n) is 5.26. The number of benzene rings is 2. The second-order valence-corrected chi connectivity index (χ2v) is 7.42. The van der Waals surface area contributed by atoms with Gasteiger partial charge in [-0.15, -0.1) is 0 Å². The van der Waals surface area contributed by atoms with Gasteiger partial charge in [-0.25, -0.2) is 0 Å². The quantitative estimate of drug-likeness (QED) is 0.750. The number of ether oxygens (including phenoxy) is 1. The number of methoxy groups -OCH3 is 1. The van der Waals surface area contributed by atoms with Gasteiger partial charge in [0.25, 0.3) is 0 Å². The van der Waals surface area contributed by atoms with Crippen molar-refractivity contribution in [2.75, 3.05) is 19.1 Å². The second kappa shape index (κ2) is 6.85. The van der Waals surface area contributed by atoms with Gasteiger partial charge in [0.2, 0.25) is 0 Å². The molecule has 0 heterocycles. The topological polar surface area (TPSA) is 9.23 Å². The lowest BCUT2D eigenvalue weighted by molar-refractivity contribution is 0.414. The lowest BCUT2D eigenvalue weighted by atomic mass is 10.2. The van der Waals surface area contributed by atoms with Gasteiger partial charge in [-0.05, 0) is 54.8 Å². The van der Waals surface area contributed by atoms with E-state index in [0.29, 0.717) is 10.9 Å². The summed E-state index contributed by atoms with van der Waals surface area (Å²) in [5, 5.41) is 0. The van der Waals surface area contributed by atoms with E-state index in [4.69, 9.17) is 4.74 Å². The molecule has 0 aliphatic rings. The van der Waals surface area contributed by atoms with Crippen molar-refractivity contribution < 1.29 is 4.74 Å². The van der Waals surface area contributed by atoms with Crippen LogP contribution in [0.5, 0.6) is 5.75 Å². The fourth-order valence-corrected chi connectivity index (χ4v) is 3.87. The normalized spacial score (nSPS) is 12.2. The Morgan fingerprint density at radius 2 is 1.55 bits per heavy atom. The molecule has 0 amide bonds. The molecule has 0 fully saturated rings. The third kappa shape index (κ3) is 4.04. The molecule has 0 saturated carbocycles. The smallest absolute Gasteiger partial charge is 0.155 e. The maximum absolute atomic E-state index is 5.19. The van der Waals surface area contributed by atoms with E-state index in [0.717, 1.165) is 12.2 Å². The van der Waals surface area contributed by atoms with Crippen LogP contribution in [0.1, 0.15) is 16.7 Å². The minimum absolute atomic E-state index is 0.307. The van der Waals surface area contributed by atoms with Crippen LogP contribution < -0.4 is 4.74 Å². The fraction of sp³-hybridized carbons (Fsp3) is 0.333. The van der Waals surface area contributed by atoms with Crippen molar-refractivity contribution in [3.8, 4) is 5.75 Å². The molecule has 0 saturated heterocycles. The van der Waals surface area contributed by atoms with Crippen molar-refractivity contribution >= 4 is 10.9 Å². The zero-order valence-electron chi connectivity index (χ0n) is 12.8. The van der Waals surface area contributed by atoms with Crippen LogP contribution in [-0.2, 0) is 17.3 Å². The highest BCUT2D eigenvalue weighted by molar-refractivity contribution is 7.96. The zero-order chi connectivity index (χ0) is 14.5. The molecule has 0 aromatic heterocycles. The summed E-state index contributed by atoms with van der Waals surface area (Å²) < 4.78 is 5.19. The SMILES string of the molecule is COc1ccc(CC[S+](C)c2cc(C)cc(C)c2)cc1. The van der Waals surface area contributed by atoms with Gasteiger partial charge in [-0.2, -0.15) is 0 Å². The monoisotopic (exact) mass is 287 g/mol. The lowest BCUT2D eigenvalue weighted by Crippen LogP contribution is -2.08. The molecule has 2 aromatic rings. The molecule has 1 atom stereocenters. The van der Waals surface area contributed by atoms with Crippen LogP contribution in [0.25, 0.3) is 0 Å². The van der Waals surface area contributed by atoms with Gasteiger partial charge in [-0.1, -0.05) is 18.2 Å².